The molecule has 4 rings (SSSR count). The van der Waals surface area contributed by atoms with Crippen molar-refractivity contribution in [2.24, 2.45) is 5.92 Å². The Balaban J connectivity index is 1.68. The molecule has 9 nitrogen and oxygen atoms in total. The normalized spacial score (nSPS) is 18.2. The number of ether oxygens (including phenoxy) is 1. The zero-order valence-electron chi connectivity index (χ0n) is 19.1. The molecule has 0 unspecified atom stereocenters. The van der Waals surface area contributed by atoms with E-state index in [4.69, 9.17) is 14.8 Å². The standard InChI is InChI=1S/C24H29N5O4/c1-14-22-21(18-8-9-19(27-24(31)32)20(12-18)33-3)28-23(29(22)11-10-25-14)17-6-4-16(5-7-17)13-26-15(2)30/h8-12,16-17,27H,4-7,13H2,1-3H3,(H,26,30)(H,31,32). The minimum absolute atomic E-state index is 0.0176. The molecule has 2 heterocycles. The predicted molar refractivity (Wildman–Crippen MR) is 125 cm³/mol. The van der Waals surface area contributed by atoms with Crippen LogP contribution in [0.15, 0.2) is 30.6 Å². The van der Waals surface area contributed by atoms with Gasteiger partial charge in [-0.2, -0.15) is 0 Å². The van der Waals surface area contributed by atoms with E-state index in [1.54, 1.807) is 25.3 Å². The van der Waals surface area contributed by atoms with Gasteiger partial charge >= 0.3 is 6.09 Å². The van der Waals surface area contributed by atoms with Crippen molar-refractivity contribution in [2.75, 3.05) is 19.0 Å². The van der Waals surface area contributed by atoms with Crippen LogP contribution in [0.3, 0.4) is 0 Å². The molecular weight excluding hydrogens is 422 g/mol. The Labute approximate surface area is 192 Å². The van der Waals surface area contributed by atoms with Gasteiger partial charge in [-0.05, 0) is 50.7 Å². The Morgan fingerprint density at radius 3 is 2.67 bits per heavy atom. The molecule has 0 bridgehead atoms. The number of carbonyl (C=O) groups excluding carboxylic acids is 1. The van der Waals surface area contributed by atoms with Crippen molar-refractivity contribution in [3.05, 3.63) is 42.1 Å². The maximum Gasteiger partial charge on any atom is 0.409 e. The first-order valence-corrected chi connectivity index (χ1v) is 11.1. The Morgan fingerprint density at radius 2 is 2.00 bits per heavy atom. The van der Waals surface area contributed by atoms with Crippen LogP contribution < -0.4 is 15.4 Å². The second kappa shape index (κ2) is 9.48. The van der Waals surface area contributed by atoms with Crippen molar-refractivity contribution in [1.82, 2.24) is 19.7 Å². The number of carbonyl (C=O) groups is 2. The number of fused-ring (bicyclic) bond motifs is 1. The van der Waals surface area contributed by atoms with Crippen LogP contribution in [-0.4, -0.2) is 45.1 Å². The van der Waals surface area contributed by atoms with Gasteiger partial charge in [0.25, 0.3) is 0 Å². The molecule has 33 heavy (non-hydrogen) atoms. The zero-order chi connectivity index (χ0) is 23.5. The van der Waals surface area contributed by atoms with Crippen LogP contribution >= 0.6 is 0 Å². The first-order valence-electron chi connectivity index (χ1n) is 11.1. The highest BCUT2D eigenvalue weighted by atomic mass is 16.5. The van der Waals surface area contributed by atoms with E-state index in [1.807, 2.05) is 19.2 Å². The van der Waals surface area contributed by atoms with E-state index in [1.165, 1.54) is 7.11 Å². The van der Waals surface area contributed by atoms with Crippen molar-refractivity contribution < 1.29 is 19.4 Å². The number of benzene rings is 1. The minimum Gasteiger partial charge on any atom is -0.495 e. The predicted octanol–water partition coefficient (Wildman–Crippen LogP) is 4.21. The molecule has 9 heteroatoms. The SMILES string of the molecule is COc1cc(-c2nc(C3CCC(CNC(C)=O)CC3)n3ccnc(C)c23)ccc1NC(=O)O. The smallest absolute Gasteiger partial charge is 0.409 e. The number of aryl methyl sites for hydroxylation is 1. The molecule has 2 amide bonds. The van der Waals surface area contributed by atoms with Crippen molar-refractivity contribution in [3.8, 4) is 17.0 Å². The fourth-order valence-electron chi connectivity index (χ4n) is 4.68. The third-order valence-corrected chi connectivity index (χ3v) is 6.33. The number of imidazole rings is 1. The molecule has 0 saturated heterocycles. The molecule has 0 atom stereocenters. The number of hydrogen-bond acceptors (Lipinski definition) is 5. The first kappa shape index (κ1) is 22.6. The lowest BCUT2D eigenvalue weighted by atomic mass is 9.81. The van der Waals surface area contributed by atoms with E-state index in [0.717, 1.165) is 60.5 Å². The van der Waals surface area contributed by atoms with Crippen LogP contribution in [0.4, 0.5) is 10.5 Å². The van der Waals surface area contributed by atoms with Gasteiger partial charge in [-0.25, -0.2) is 9.78 Å². The molecule has 1 aliphatic rings. The van der Waals surface area contributed by atoms with Gasteiger partial charge in [-0.3, -0.25) is 19.5 Å². The lowest BCUT2D eigenvalue weighted by molar-refractivity contribution is -0.119. The fraction of sp³-hybridized carbons (Fsp3) is 0.417. The van der Waals surface area contributed by atoms with Crippen LogP contribution in [0.2, 0.25) is 0 Å². The van der Waals surface area contributed by atoms with E-state index >= 15 is 0 Å². The first-order chi connectivity index (χ1) is 15.9. The molecule has 0 spiro atoms. The summed E-state index contributed by atoms with van der Waals surface area (Å²) in [5, 5.41) is 14.4. The summed E-state index contributed by atoms with van der Waals surface area (Å²) in [5.41, 5.74) is 3.83. The van der Waals surface area contributed by atoms with Gasteiger partial charge in [0.2, 0.25) is 5.91 Å². The van der Waals surface area contributed by atoms with Gasteiger partial charge < -0.3 is 15.2 Å². The van der Waals surface area contributed by atoms with Crippen molar-refractivity contribution in [2.45, 2.75) is 45.4 Å². The summed E-state index contributed by atoms with van der Waals surface area (Å²) in [7, 11) is 1.51. The molecule has 2 aromatic heterocycles. The fourth-order valence-corrected chi connectivity index (χ4v) is 4.68. The summed E-state index contributed by atoms with van der Waals surface area (Å²) >= 11 is 0. The van der Waals surface area contributed by atoms with Crippen molar-refractivity contribution in [3.63, 3.8) is 0 Å². The van der Waals surface area contributed by atoms with Gasteiger partial charge in [0, 0.05) is 37.3 Å². The highest BCUT2D eigenvalue weighted by Crippen LogP contribution is 2.39. The molecule has 174 valence electrons. The second-order valence-electron chi connectivity index (χ2n) is 8.55. The monoisotopic (exact) mass is 451 g/mol. The van der Waals surface area contributed by atoms with E-state index in [0.29, 0.717) is 23.3 Å². The number of amides is 2. The minimum atomic E-state index is -1.15. The highest BCUT2D eigenvalue weighted by molar-refractivity contribution is 5.88. The molecule has 3 N–H and O–H groups in total. The summed E-state index contributed by atoms with van der Waals surface area (Å²) in [6.45, 7) is 4.25. The third kappa shape index (κ3) is 4.76. The Bertz CT molecular complexity index is 1180. The number of rotatable bonds is 6. The molecule has 3 aromatic rings. The molecule has 1 aliphatic carbocycles. The van der Waals surface area contributed by atoms with Gasteiger partial charge in [0.05, 0.1) is 29.7 Å². The summed E-state index contributed by atoms with van der Waals surface area (Å²) in [4.78, 5) is 31.9. The lowest BCUT2D eigenvalue weighted by Gasteiger charge is -2.27. The topological polar surface area (TPSA) is 118 Å². The number of aromatic nitrogens is 3. The summed E-state index contributed by atoms with van der Waals surface area (Å²) in [6, 6.07) is 5.33. The maximum atomic E-state index is 11.2. The molecule has 0 radical (unpaired) electrons. The van der Waals surface area contributed by atoms with Gasteiger partial charge in [0.15, 0.2) is 0 Å². The third-order valence-electron chi connectivity index (χ3n) is 6.33. The number of methoxy groups -OCH3 is 1. The van der Waals surface area contributed by atoms with Gasteiger partial charge in [0.1, 0.15) is 11.6 Å². The van der Waals surface area contributed by atoms with Crippen LogP contribution in [0.25, 0.3) is 16.8 Å². The van der Waals surface area contributed by atoms with Crippen LogP contribution in [0.5, 0.6) is 5.75 Å². The van der Waals surface area contributed by atoms with E-state index < -0.39 is 6.09 Å². The summed E-state index contributed by atoms with van der Waals surface area (Å²) in [6.07, 6.45) is 6.70. The lowest BCUT2D eigenvalue weighted by Crippen LogP contribution is -2.29. The number of nitrogens with one attached hydrogen (secondary N) is 2. The number of nitrogens with zero attached hydrogens (tertiary/aromatic N) is 3. The molecular formula is C24H29N5O4. The van der Waals surface area contributed by atoms with Gasteiger partial charge in [-0.1, -0.05) is 6.07 Å². The molecule has 0 aliphatic heterocycles. The highest BCUT2D eigenvalue weighted by Gasteiger charge is 2.27. The Hall–Kier alpha value is -3.62. The van der Waals surface area contributed by atoms with Crippen LogP contribution in [0, 0.1) is 12.8 Å². The van der Waals surface area contributed by atoms with Gasteiger partial charge in [-0.15, -0.1) is 0 Å². The average Bonchev–Trinajstić information content (AvgIpc) is 3.19. The van der Waals surface area contributed by atoms with Crippen molar-refractivity contribution >= 4 is 23.2 Å². The second-order valence-corrected chi connectivity index (χ2v) is 8.55. The Morgan fingerprint density at radius 1 is 1.24 bits per heavy atom. The average molecular weight is 452 g/mol. The maximum absolute atomic E-state index is 11.2. The summed E-state index contributed by atoms with van der Waals surface area (Å²) < 4.78 is 7.55. The van der Waals surface area contributed by atoms with Crippen LogP contribution in [-0.2, 0) is 4.79 Å². The number of hydrogen-bond donors (Lipinski definition) is 3. The van der Waals surface area contributed by atoms with E-state index in [2.05, 4.69) is 20.0 Å². The molecule has 1 saturated carbocycles. The van der Waals surface area contributed by atoms with Crippen molar-refractivity contribution in [1.29, 1.82) is 0 Å². The van der Waals surface area contributed by atoms with E-state index in [-0.39, 0.29) is 5.91 Å². The largest absolute Gasteiger partial charge is 0.495 e. The number of anilines is 1. The molecule has 1 aromatic carbocycles. The molecule has 1 fully saturated rings. The quantitative estimate of drug-likeness (QED) is 0.517. The summed E-state index contributed by atoms with van der Waals surface area (Å²) in [5.74, 6) is 2.27. The van der Waals surface area contributed by atoms with E-state index in [9.17, 15) is 9.59 Å². The zero-order valence-corrected chi connectivity index (χ0v) is 19.1. The number of carboxylic acid groups (broad SMARTS) is 1. The van der Waals surface area contributed by atoms with Crippen LogP contribution in [0.1, 0.15) is 50.0 Å². The Kier molecular flexibility index (Phi) is 6.48.